The van der Waals surface area contributed by atoms with Crippen molar-refractivity contribution in [2.24, 2.45) is 5.92 Å². The van der Waals surface area contributed by atoms with Gasteiger partial charge in [0.25, 0.3) is 0 Å². The maximum absolute atomic E-state index is 12.0. The van der Waals surface area contributed by atoms with Crippen molar-refractivity contribution in [3.63, 3.8) is 0 Å². The smallest absolute Gasteiger partial charge is 0.387 e. The second-order valence-corrected chi connectivity index (χ2v) is 5.07. The Hall–Kier alpha value is -1.16. The maximum atomic E-state index is 12.0. The van der Waals surface area contributed by atoms with E-state index in [2.05, 4.69) is 23.9 Å². The zero-order valence-electron chi connectivity index (χ0n) is 12.4. The molecule has 0 bridgehead atoms. The Morgan fingerprint density at radius 1 is 1.15 bits per heavy atom. The van der Waals surface area contributed by atoms with Gasteiger partial charge in [-0.1, -0.05) is 45.2 Å². The van der Waals surface area contributed by atoms with Gasteiger partial charge in [-0.25, -0.2) is 0 Å². The molecule has 4 heteroatoms. The van der Waals surface area contributed by atoms with E-state index >= 15 is 0 Å². The molecule has 20 heavy (non-hydrogen) atoms. The van der Waals surface area contributed by atoms with Crippen molar-refractivity contribution in [2.75, 3.05) is 6.54 Å². The van der Waals surface area contributed by atoms with Crippen molar-refractivity contribution in [1.82, 2.24) is 5.32 Å². The van der Waals surface area contributed by atoms with Crippen molar-refractivity contribution in [1.29, 1.82) is 0 Å². The quantitative estimate of drug-likeness (QED) is 0.678. The molecule has 0 aliphatic rings. The molecule has 0 heterocycles. The van der Waals surface area contributed by atoms with Crippen LogP contribution in [-0.2, 0) is 6.54 Å². The Bertz CT molecular complexity index is 354. The van der Waals surface area contributed by atoms with Gasteiger partial charge in [0.05, 0.1) is 0 Å². The maximum Gasteiger partial charge on any atom is 0.387 e. The largest absolute Gasteiger partial charge is 0.435 e. The van der Waals surface area contributed by atoms with Crippen molar-refractivity contribution in [2.45, 2.75) is 52.7 Å². The number of rotatable bonds is 10. The van der Waals surface area contributed by atoms with Gasteiger partial charge in [-0.15, -0.1) is 0 Å². The molecule has 0 fully saturated rings. The monoisotopic (exact) mass is 285 g/mol. The summed E-state index contributed by atoms with van der Waals surface area (Å²) < 4.78 is 28.4. The Morgan fingerprint density at radius 2 is 1.85 bits per heavy atom. The third-order valence-corrected chi connectivity index (χ3v) is 3.45. The van der Waals surface area contributed by atoms with E-state index in [1.807, 2.05) is 12.1 Å². The van der Waals surface area contributed by atoms with Gasteiger partial charge in [-0.2, -0.15) is 8.78 Å². The van der Waals surface area contributed by atoms with E-state index in [0.29, 0.717) is 0 Å². The first-order valence-corrected chi connectivity index (χ1v) is 7.40. The molecule has 1 rings (SSSR count). The number of hydrogen-bond acceptors (Lipinski definition) is 2. The fourth-order valence-electron chi connectivity index (χ4n) is 2.15. The van der Waals surface area contributed by atoms with Crippen molar-refractivity contribution in [3.8, 4) is 5.75 Å². The zero-order chi connectivity index (χ0) is 14.8. The lowest BCUT2D eigenvalue weighted by Crippen LogP contribution is -2.22. The number of ether oxygens (including phenoxy) is 1. The van der Waals surface area contributed by atoms with Crippen molar-refractivity contribution >= 4 is 0 Å². The average Bonchev–Trinajstić information content (AvgIpc) is 2.44. The number of alkyl halides is 2. The molecule has 0 saturated carbocycles. The van der Waals surface area contributed by atoms with Crippen LogP contribution in [-0.4, -0.2) is 13.2 Å². The van der Waals surface area contributed by atoms with E-state index in [1.165, 1.54) is 25.7 Å². The summed E-state index contributed by atoms with van der Waals surface area (Å²) in [4.78, 5) is 0. The first kappa shape index (κ1) is 16.9. The second kappa shape index (κ2) is 9.70. The molecule has 0 aromatic heterocycles. The molecule has 1 aromatic rings. The lowest BCUT2D eigenvalue weighted by molar-refractivity contribution is -0.0498. The fourth-order valence-corrected chi connectivity index (χ4v) is 2.15. The average molecular weight is 285 g/mol. The van der Waals surface area contributed by atoms with Crippen LogP contribution in [0.2, 0.25) is 0 Å². The summed E-state index contributed by atoms with van der Waals surface area (Å²) in [5, 5.41) is 3.43. The van der Waals surface area contributed by atoms with Crippen molar-refractivity contribution in [3.05, 3.63) is 29.8 Å². The Kier molecular flexibility index (Phi) is 8.19. The van der Waals surface area contributed by atoms with Gasteiger partial charge >= 0.3 is 6.61 Å². The van der Waals surface area contributed by atoms with E-state index in [-0.39, 0.29) is 5.75 Å². The van der Waals surface area contributed by atoms with Gasteiger partial charge in [-0.05, 0) is 36.6 Å². The summed E-state index contributed by atoms with van der Waals surface area (Å²) in [5.41, 5.74) is 1.08. The number of hydrogen-bond donors (Lipinski definition) is 1. The predicted octanol–water partition coefficient (Wildman–Crippen LogP) is 4.59. The molecule has 0 radical (unpaired) electrons. The van der Waals surface area contributed by atoms with E-state index in [0.717, 1.165) is 24.6 Å². The van der Waals surface area contributed by atoms with Gasteiger partial charge in [0.1, 0.15) is 5.75 Å². The predicted molar refractivity (Wildman–Crippen MR) is 78.1 cm³/mol. The fraction of sp³-hybridized carbons (Fsp3) is 0.625. The molecule has 1 unspecified atom stereocenters. The standard InChI is InChI=1S/C16H25F2NO/c1-3-5-6-13(4-2)11-19-12-14-7-9-15(10-8-14)20-16(17)18/h7-10,13,16,19H,3-6,11-12H2,1-2H3. The summed E-state index contributed by atoms with van der Waals surface area (Å²) in [5.74, 6) is 0.925. The molecule has 1 atom stereocenters. The molecule has 0 aliphatic carbocycles. The zero-order valence-corrected chi connectivity index (χ0v) is 12.4. The molecule has 114 valence electrons. The number of halogens is 2. The summed E-state index contributed by atoms with van der Waals surface area (Å²) in [7, 11) is 0. The van der Waals surface area contributed by atoms with Gasteiger partial charge in [0.15, 0.2) is 0 Å². The minimum Gasteiger partial charge on any atom is -0.435 e. The highest BCUT2D eigenvalue weighted by atomic mass is 19.3. The molecule has 0 aliphatic heterocycles. The highest BCUT2D eigenvalue weighted by Crippen LogP contribution is 2.15. The van der Waals surface area contributed by atoms with Crippen LogP contribution >= 0.6 is 0 Å². The van der Waals surface area contributed by atoms with Crippen LogP contribution in [0.1, 0.15) is 45.1 Å². The molecule has 1 N–H and O–H groups in total. The van der Waals surface area contributed by atoms with Crippen LogP contribution in [0, 0.1) is 5.92 Å². The van der Waals surface area contributed by atoms with Crippen LogP contribution in [0.3, 0.4) is 0 Å². The summed E-state index contributed by atoms with van der Waals surface area (Å²) in [6.07, 6.45) is 4.97. The highest BCUT2D eigenvalue weighted by molar-refractivity contribution is 5.27. The molecular formula is C16H25F2NO. The third kappa shape index (κ3) is 6.85. The minimum absolute atomic E-state index is 0.207. The molecule has 0 spiro atoms. The number of nitrogens with one attached hydrogen (secondary N) is 1. The topological polar surface area (TPSA) is 21.3 Å². The highest BCUT2D eigenvalue weighted by Gasteiger charge is 2.06. The van der Waals surface area contributed by atoms with Gasteiger partial charge in [0, 0.05) is 6.54 Å². The first-order chi connectivity index (χ1) is 9.65. The third-order valence-electron chi connectivity index (χ3n) is 3.45. The van der Waals surface area contributed by atoms with Gasteiger partial charge < -0.3 is 10.1 Å². The van der Waals surface area contributed by atoms with E-state index in [1.54, 1.807) is 12.1 Å². The van der Waals surface area contributed by atoms with E-state index in [9.17, 15) is 8.78 Å². The van der Waals surface area contributed by atoms with Crippen LogP contribution in [0.5, 0.6) is 5.75 Å². The molecular weight excluding hydrogens is 260 g/mol. The molecule has 1 aromatic carbocycles. The molecule has 0 amide bonds. The lowest BCUT2D eigenvalue weighted by Gasteiger charge is -2.15. The van der Waals surface area contributed by atoms with Crippen LogP contribution < -0.4 is 10.1 Å². The summed E-state index contributed by atoms with van der Waals surface area (Å²) in [6.45, 7) is 3.44. The van der Waals surface area contributed by atoms with E-state index in [4.69, 9.17) is 0 Å². The first-order valence-electron chi connectivity index (χ1n) is 7.40. The van der Waals surface area contributed by atoms with Crippen molar-refractivity contribution < 1.29 is 13.5 Å². The van der Waals surface area contributed by atoms with Crippen LogP contribution in [0.25, 0.3) is 0 Å². The SMILES string of the molecule is CCCCC(CC)CNCc1ccc(OC(F)F)cc1. The summed E-state index contributed by atoms with van der Waals surface area (Å²) >= 11 is 0. The second-order valence-electron chi connectivity index (χ2n) is 5.07. The van der Waals surface area contributed by atoms with Gasteiger partial charge in [0.2, 0.25) is 0 Å². The number of unbranched alkanes of at least 4 members (excludes halogenated alkanes) is 1. The Balaban J connectivity index is 2.30. The minimum atomic E-state index is -2.76. The van der Waals surface area contributed by atoms with Crippen LogP contribution in [0.15, 0.2) is 24.3 Å². The normalized spacial score (nSPS) is 12.7. The molecule has 0 saturated heterocycles. The Labute approximate surface area is 120 Å². The summed E-state index contributed by atoms with van der Waals surface area (Å²) in [6, 6.07) is 6.80. The lowest BCUT2D eigenvalue weighted by atomic mass is 9.99. The molecule has 2 nitrogen and oxygen atoms in total. The van der Waals surface area contributed by atoms with Gasteiger partial charge in [-0.3, -0.25) is 0 Å². The number of benzene rings is 1. The Morgan fingerprint density at radius 3 is 2.40 bits per heavy atom. The van der Waals surface area contributed by atoms with Crippen LogP contribution in [0.4, 0.5) is 8.78 Å². The van der Waals surface area contributed by atoms with E-state index < -0.39 is 6.61 Å².